The van der Waals surface area contributed by atoms with Crippen molar-refractivity contribution in [1.82, 2.24) is 4.90 Å². The number of likely N-dealkylation sites (N-methyl/N-ethyl adjacent to an activating group) is 1. The van der Waals surface area contributed by atoms with Gasteiger partial charge in [-0.3, -0.25) is 0 Å². The highest BCUT2D eigenvalue weighted by atomic mass is 19.3. The molecule has 0 radical (unpaired) electrons. The van der Waals surface area contributed by atoms with Gasteiger partial charge in [0.15, 0.2) is 0 Å². The summed E-state index contributed by atoms with van der Waals surface area (Å²) in [5.41, 5.74) is 12.1. The molecule has 1 aliphatic rings. The lowest BCUT2D eigenvalue weighted by Gasteiger charge is -2.35. The van der Waals surface area contributed by atoms with Crippen molar-refractivity contribution in [2.24, 2.45) is 5.73 Å². The fraction of sp³-hybridized carbons (Fsp3) is 0.571. The number of nitrogen functional groups attached to an aromatic ring is 1. The van der Waals surface area contributed by atoms with E-state index in [0.717, 1.165) is 5.56 Å². The summed E-state index contributed by atoms with van der Waals surface area (Å²) in [6.45, 7) is 1.59. The van der Waals surface area contributed by atoms with Gasteiger partial charge >= 0.3 is 0 Å². The molecule has 1 aromatic carbocycles. The highest BCUT2D eigenvalue weighted by molar-refractivity contribution is 5.46. The number of rotatable bonds is 4. The predicted molar refractivity (Wildman–Crippen MR) is 74.7 cm³/mol. The molecule has 112 valence electrons. The Morgan fingerprint density at radius 3 is 2.80 bits per heavy atom. The number of nitrogens with two attached hydrogens (primary N) is 2. The van der Waals surface area contributed by atoms with Crippen LogP contribution < -0.4 is 11.5 Å². The maximum atomic E-state index is 14.6. The summed E-state index contributed by atoms with van der Waals surface area (Å²) in [4.78, 5) is 1.84. The molecule has 20 heavy (non-hydrogen) atoms. The van der Waals surface area contributed by atoms with Crippen molar-refractivity contribution in [3.63, 3.8) is 0 Å². The molecule has 1 aromatic rings. The summed E-state index contributed by atoms with van der Waals surface area (Å²) >= 11 is 0. The summed E-state index contributed by atoms with van der Waals surface area (Å²) in [6.07, 6.45) is -0.617. The molecule has 1 heterocycles. The quantitative estimate of drug-likeness (QED) is 0.816. The van der Waals surface area contributed by atoms with Gasteiger partial charge in [0.05, 0.1) is 6.61 Å². The number of alkyl halides is 2. The molecule has 0 aliphatic carbocycles. The first-order chi connectivity index (χ1) is 9.43. The molecule has 1 saturated heterocycles. The van der Waals surface area contributed by atoms with Gasteiger partial charge in [-0.1, -0.05) is 0 Å². The molecule has 1 aliphatic heterocycles. The van der Waals surface area contributed by atoms with E-state index in [-0.39, 0.29) is 12.1 Å². The van der Waals surface area contributed by atoms with E-state index in [2.05, 4.69) is 0 Å². The van der Waals surface area contributed by atoms with E-state index in [4.69, 9.17) is 16.2 Å². The third kappa shape index (κ3) is 3.26. The summed E-state index contributed by atoms with van der Waals surface area (Å²) in [5.74, 6) is -3.06. The Balaban J connectivity index is 2.27. The predicted octanol–water partition coefficient (Wildman–Crippen LogP) is 1.19. The van der Waals surface area contributed by atoms with Crippen molar-refractivity contribution in [2.45, 2.75) is 18.4 Å². The highest BCUT2D eigenvalue weighted by Gasteiger charge is 2.44. The molecule has 0 spiro atoms. The Morgan fingerprint density at radius 2 is 2.15 bits per heavy atom. The maximum Gasteiger partial charge on any atom is 0.300 e. The van der Waals surface area contributed by atoms with Crippen molar-refractivity contribution in [1.29, 1.82) is 0 Å². The van der Waals surface area contributed by atoms with Crippen LogP contribution in [0.5, 0.6) is 0 Å². The number of hydrogen-bond acceptors (Lipinski definition) is 4. The second-order valence-electron chi connectivity index (χ2n) is 5.25. The van der Waals surface area contributed by atoms with Crippen molar-refractivity contribution in [3.05, 3.63) is 29.3 Å². The molecule has 0 bridgehead atoms. The average Bonchev–Trinajstić information content (AvgIpc) is 2.38. The lowest BCUT2D eigenvalue weighted by molar-refractivity contribution is -0.169. The molecule has 1 atom stereocenters. The molecule has 2 rings (SSSR count). The first-order valence-corrected chi connectivity index (χ1v) is 6.71. The third-order valence-electron chi connectivity index (χ3n) is 3.51. The van der Waals surface area contributed by atoms with Crippen LogP contribution in [0.15, 0.2) is 18.2 Å². The molecule has 1 unspecified atom stereocenters. The van der Waals surface area contributed by atoms with E-state index < -0.39 is 12.0 Å². The molecule has 6 heteroatoms. The molecular formula is C14H21F2N3O. The normalized spacial score (nSPS) is 21.1. The second kappa shape index (κ2) is 6.03. The van der Waals surface area contributed by atoms with Gasteiger partial charge in [0.25, 0.3) is 5.92 Å². The minimum absolute atomic E-state index is 0.0961. The van der Waals surface area contributed by atoms with Crippen LogP contribution in [0.3, 0.4) is 0 Å². The van der Waals surface area contributed by atoms with Crippen LogP contribution in [0.25, 0.3) is 0 Å². The molecule has 0 aromatic heterocycles. The van der Waals surface area contributed by atoms with Crippen molar-refractivity contribution < 1.29 is 13.5 Å². The number of morpholine rings is 1. The Kier molecular flexibility index (Phi) is 4.57. The van der Waals surface area contributed by atoms with Crippen LogP contribution in [-0.2, 0) is 17.1 Å². The van der Waals surface area contributed by atoms with Gasteiger partial charge in [-0.2, -0.15) is 8.78 Å². The summed E-state index contributed by atoms with van der Waals surface area (Å²) in [6, 6.07) is 4.47. The highest BCUT2D eigenvalue weighted by Crippen LogP contribution is 2.36. The molecule has 1 fully saturated rings. The van der Waals surface area contributed by atoms with E-state index in [1.807, 2.05) is 11.9 Å². The zero-order valence-electron chi connectivity index (χ0n) is 11.6. The summed E-state index contributed by atoms with van der Waals surface area (Å²) < 4.78 is 34.4. The Morgan fingerprint density at radius 1 is 1.40 bits per heavy atom. The van der Waals surface area contributed by atoms with Gasteiger partial charge in [-0.25, -0.2) is 0 Å². The minimum Gasteiger partial charge on any atom is -0.399 e. The van der Waals surface area contributed by atoms with E-state index >= 15 is 0 Å². The van der Waals surface area contributed by atoms with Crippen LogP contribution in [0, 0.1) is 0 Å². The van der Waals surface area contributed by atoms with Gasteiger partial charge < -0.3 is 21.1 Å². The van der Waals surface area contributed by atoms with Gasteiger partial charge in [0.2, 0.25) is 0 Å². The zero-order valence-corrected chi connectivity index (χ0v) is 11.6. The van der Waals surface area contributed by atoms with Crippen LogP contribution in [0.2, 0.25) is 0 Å². The first kappa shape index (κ1) is 15.2. The van der Waals surface area contributed by atoms with E-state index in [9.17, 15) is 8.78 Å². The van der Waals surface area contributed by atoms with Crippen LogP contribution >= 0.6 is 0 Å². The fourth-order valence-electron chi connectivity index (χ4n) is 2.40. The molecule has 4 nitrogen and oxygen atoms in total. The average molecular weight is 285 g/mol. The monoisotopic (exact) mass is 285 g/mol. The number of halogens is 2. The number of hydrogen-bond donors (Lipinski definition) is 2. The molecule has 0 saturated carbocycles. The van der Waals surface area contributed by atoms with Crippen LogP contribution in [0.1, 0.15) is 11.1 Å². The Hall–Kier alpha value is -1.24. The minimum atomic E-state index is -3.06. The lowest BCUT2D eigenvalue weighted by Crippen LogP contribution is -2.48. The molecular weight excluding hydrogens is 264 g/mol. The molecule has 0 amide bonds. The third-order valence-corrected chi connectivity index (χ3v) is 3.51. The largest absolute Gasteiger partial charge is 0.399 e. The number of anilines is 1. The van der Waals surface area contributed by atoms with Gasteiger partial charge in [-0.15, -0.1) is 0 Å². The number of nitrogens with zero attached hydrogens (tertiary/aromatic N) is 1. The summed E-state index contributed by atoms with van der Waals surface area (Å²) in [5, 5.41) is 0. The van der Waals surface area contributed by atoms with Crippen LogP contribution in [-0.4, -0.2) is 44.3 Å². The van der Waals surface area contributed by atoms with E-state index in [0.29, 0.717) is 31.8 Å². The Labute approximate surface area is 117 Å². The summed E-state index contributed by atoms with van der Waals surface area (Å²) in [7, 11) is 1.81. The Bertz CT molecular complexity index is 468. The standard InChI is InChI=1S/C14H21F2N3O/c1-19-4-5-20-13(9-19)14(15,16)11-6-10(2-3-17)7-12(18)8-11/h6-8,13H,2-5,9,17-18H2,1H3. The smallest absolute Gasteiger partial charge is 0.300 e. The zero-order chi connectivity index (χ0) is 14.8. The van der Waals surface area contributed by atoms with Gasteiger partial charge in [0, 0.05) is 24.3 Å². The fourth-order valence-corrected chi connectivity index (χ4v) is 2.40. The number of ether oxygens (including phenoxy) is 1. The maximum absolute atomic E-state index is 14.6. The van der Waals surface area contributed by atoms with Crippen molar-refractivity contribution in [2.75, 3.05) is 39.0 Å². The topological polar surface area (TPSA) is 64.5 Å². The molecule has 4 N–H and O–H groups in total. The van der Waals surface area contributed by atoms with Gasteiger partial charge in [0.1, 0.15) is 6.10 Å². The van der Waals surface area contributed by atoms with Gasteiger partial charge in [-0.05, 0) is 43.8 Å². The van der Waals surface area contributed by atoms with Crippen molar-refractivity contribution in [3.8, 4) is 0 Å². The van der Waals surface area contributed by atoms with Crippen molar-refractivity contribution >= 4 is 5.69 Å². The number of benzene rings is 1. The first-order valence-electron chi connectivity index (χ1n) is 6.71. The SMILES string of the molecule is CN1CCOC(C(F)(F)c2cc(N)cc(CCN)c2)C1. The lowest BCUT2D eigenvalue weighted by atomic mass is 9.98. The second-order valence-corrected chi connectivity index (χ2v) is 5.25. The van der Waals surface area contributed by atoms with E-state index in [1.165, 1.54) is 12.1 Å². The van der Waals surface area contributed by atoms with Crippen LogP contribution in [0.4, 0.5) is 14.5 Å². The van der Waals surface area contributed by atoms with E-state index in [1.54, 1.807) is 6.07 Å².